The fourth-order valence-corrected chi connectivity index (χ4v) is 1.37. The standard InChI is InChI=1S/C7H10N2O2S.ClH/c1-11-6(10)3-2-5-4-12-7(8)9-5;/h4H,2-3H2,1H3,(H2,8,9);1H. The molecule has 0 fully saturated rings. The Morgan fingerprint density at radius 1 is 1.77 bits per heavy atom. The quantitative estimate of drug-likeness (QED) is 0.782. The summed E-state index contributed by atoms with van der Waals surface area (Å²) in [6.45, 7) is 0. The number of aromatic nitrogens is 1. The Balaban J connectivity index is 0.00000144. The van der Waals surface area contributed by atoms with Gasteiger partial charge in [0.2, 0.25) is 0 Å². The van der Waals surface area contributed by atoms with E-state index in [9.17, 15) is 4.79 Å². The number of halogens is 1. The molecule has 4 nitrogen and oxygen atoms in total. The van der Waals surface area contributed by atoms with Gasteiger partial charge in [-0.2, -0.15) is 0 Å². The first kappa shape index (κ1) is 12.2. The average Bonchev–Trinajstić information content (AvgIpc) is 2.47. The van der Waals surface area contributed by atoms with E-state index >= 15 is 0 Å². The molecule has 0 aliphatic rings. The summed E-state index contributed by atoms with van der Waals surface area (Å²) in [6, 6.07) is 0. The number of anilines is 1. The maximum absolute atomic E-state index is 10.7. The van der Waals surface area contributed by atoms with Gasteiger partial charge in [-0.15, -0.1) is 23.7 Å². The number of esters is 1. The van der Waals surface area contributed by atoms with Crippen molar-refractivity contribution in [2.24, 2.45) is 0 Å². The van der Waals surface area contributed by atoms with Crippen molar-refractivity contribution in [1.29, 1.82) is 0 Å². The summed E-state index contributed by atoms with van der Waals surface area (Å²) >= 11 is 1.38. The van der Waals surface area contributed by atoms with E-state index in [1.54, 1.807) is 0 Å². The molecule has 74 valence electrons. The van der Waals surface area contributed by atoms with E-state index in [4.69, 9.17) is 5.73 Å². The van der Waals surface area contributed by atoms with Crippen LogP contribution in [-0.4, -0.2) is 18.1 Å². The molecule has 0 saturated carbocycles. The fraction of sp³-hybridized carbons (Fsp3) is 0.429. The highest BCUT2D eigenvalue weighted by Gasteiger charge is 2.03. The third kappa shape index (κ3) is 4.10. The SMILES string of the molecule is COC(=O)CCc1csc(N)n1.Cl. The molecule has 0 aliphatic heterocycles. The molecule has 0 amide bonds. The maximum atomic E-state index is 10.7. The Morgan fingerprint density at radius 2 is 2.46 bits per heavy atom. The second-order valence-corrected chi connectivity index (χ2v) is 3.14. The van der Waals surface area contributed by atoms with Crippen molar-refractivity contribution in [2.75, 3.05) is 12.8 Å². The highest BCUT2D eigenvalue weighted by atomic mass is 35.5. The van der Waals surface area contributed by atoms with E-state index in [2.05, 4.69) is 9.72 Å². The molecule has 0 unspecified atom stereocenters. The minimum atomic E-state index is -0.221. The van der Waals surface area contributed by atoms with Crippen molar-refractivity contribution in [3.63, 3.8) is 0 Å². The summed E-state index contributed by atoms with van der Waals surface area (Å²) in [5.74, 6) is -0.221. The van der Waals surface area contributed by atoms with Crippen LogP contribution in [-0.2, 0) is 16.0 Å². The third-order valence-corrected chi connectivity index (χ3v) is 2.11. The van der Waals surface area contributed by atoms with Gasteiger partial charge in [0.1, 0.15) is 0 Å². The normalized spacial score (nSPS) is 9.00. The number of nitrogens with two attached hydrogens (primary N) is 1. The van der Waals surface area contributed by atoms with Crippen molar-refractivity contribution in [2.45, 2.75) is 12.8 Å². The summed E-state index contributed by atoms with van der Waals surface area (Å²) in [5.41, 5.74) is 6.26. The summed E-state index contributed by atoms with van der Waals surface area (Å²) < 4.78 is 4.48. The van der Waals surface area contributed by atoms with Gasteiger partial charge < -0.3 is 10.5 Å². The molecular formula is C7H11ClN2O2S. The molecule has 6 heteroatoms. The Labute approximate surface area is 86.5 Å². The van der Waals surface area contributed by atoms with Crippen LogP contribution < -0.4 is 5.73 Å². The van der Waals surface area contributed by atoms with E-state index in [0.29, 0.717) is 18.0 Å². The van der Waals surface area contributed by atoms with Crippen molar-refractivity contribution in [3.8, 4) is 0 Å². The lowest BCUT2D eigenvalue weighted by molar-refractivity contribution is -0.140. The van der Waals surface area contributed by atoms with E-state index in [-0.39, 0.29) is 18.4 Å². The molecule has 0 aliphatic carbocycles. The number of nitrogens with zero attached hydrogens (tertiary/aromatic N) is 1. The second-order valence-electron chi connectivity index (χ2n) is 2.25. The van der Waals surface area contributed by atoms with Crippen LogP contribution in [0.4, 0.5) is 5.13 Å². The summed E-state index contributed by atoms with van der Waals surface area (Å²) in [5, 5.41) is 2.38. The smallest absolute Gasteiger partial charge is 0.305 e. The predicted molar refractivity (Wildman–Crippen MR) is 54.1 cm³/mol. The third-order valence-electron chi connectivity index (χ3n) is 1.38. The van der Waals surface area contributed by atoms with Crippen LogP contribution in [0.2, 0.25) is 0 Å². The van der Waals surface area contributed by atoms with Crippen LogP contribution in [0, 0.1) is 0 Å². The summed E-state index contributed by atoms with van der Waals surface area (Å²) in [7, 11) is 1.37. The van der Waals surface area contributed by atoms with Gasteiger partial charge in [-0.1, -0.05) is 0 Å². The zero-order valence-electron chi connectivity index (χ0n) is 7.15. The van der Waals surface area contributed by atoms with Crippen molar-refractivity contribution in [3.05, 3.63) is 11.1 Å². The second kappa shape index (κ2) is 5.77. The van der Waals surface area contributed by atoms with Crippen molar-refractivity contribution < 1.29 is 9.53 Å². The lowest BCUT2D eigenvalue weighted by atomic mass is 10.2. The number of ether oxygens (including phenoxy) is 1. The van der Waals surface area contributed by atoms with Crippen LogP contribution in [0.25, 0.3) is 0 Å². The number of thiazole rings is 1. The fourth-order valence-electron chi connectivity index (χ4n) is 0.770. The molecule has 13 heavy (non-hydrogen) atoms. The molecule has 1 aromatic rings. The summed E-state index contributed by atoms with van der Waals surface area (Å²) in [6.07, 6.45) is 0.958. The van der Waals surface area contributed by atoms with Crippen molar-refractivity contribution >= 4 is 34.8 Å². The Hall–Kier alpha value is -0.810. The predicted octanol–water partition coefficient (Wildman–Crippen LogP) is 1.25. The van der Waals surface area contributed by atoms with Gasteiger partial charge in [0.15, 0.2) is 5.13 Å². The number of methoxy groups -OCH3 is 1. The molecule has 1 aromatic heterocycles. The molecule has 0 radical (unpaired) electrons. The van der Waals surface area contributed by atoms with Crippen LogP contribution in [0.15, 0.2) is 5.38 Å². The van der Waals surface area contributed by atoms with Gasteiger partial charge in [0, 0.05) is 11.8 Å². The summed E-state index contributed by atoms with van der Waals surface area (Å²) in [4.78, 5) is 14.7. The van der Waals surface area contributed by atoms with Gasteiger partial charge in [0.05, 0.1) is 19.2 Å². The Morgan fingerprint density at radius 3 is 2.92 bits per heavy atom. The zero-order valence-corrected chi connectivity index (χ0v) is 8.78. The number of nitrogen functional groups attached to an aromatic ring is 1. The number of aryl methyl sites for hydroxylation is 1. The van der Waals surface area contributed by atoms with E-state index in [1.165, 1.54) is 18.4 Å². The van der Waals surface area contributed by atoms with Gasteiger partial charge >= 0.3 is 5.97 Å². The molecule has 2 N–H and O–H groups in total. The molecule has 0 bridgehead atoms. The van der Waals surface area contributed by atoms with Crippen LogP contribution >= 0.6 is 23.7 Å². The minimum absolute atomic E-state index is 0. The first-order valence-corrected chi connectivity index (χ1v) is 4.37. The Kier molecular flexibility index (Phi) is 5.41. The maximum Gasteiger partial charge on any atom is 0.305 e. The number of hydrogen-bond donors (Lipinski definition) is 1. The van der Waals surface area contributed by atoms with Crippen LogP contribution in [0.3, 0.4) is 0 Å². The van der Waals surface area contributed by atoms with Gasteiger partial charge in [0.25, 0.3) is 0 Å². The molecule has 1 rings (SSSR count). The highest BCUT2D eigenvalue weighted by Crippen LogP contribution is 2.12. The number of hydrogen-bond acceptors (Lipinski definition) is 5. The Bertz CT molecular complexity index is 277. The minimum Gasteiger partial charge on any atom is -0.469 e. The first-order chi connectivity index (χ1) is 5.72. The zero-order chi connectivity index (χ0) is 8.97. The lowest BCUT2D eigenvalue weighted by Gasteiger charge is -1.95. The molecular weight excluding hydrogens is 212 g/mol. The molecule has 0 aromatic carbocycles. The van der Waals surface area contributed by atoms with Crippen LogP contribution in [0.5, 0.6) is 0 Å². The van der Waals surface area contributed by atoms with E-state index in [1.807, 2.05) is 5.38 Å². The molecule has 0 spiro atoms. The first-order valence-electron chi connectivity index (χ1n) is 3.49. The molecule has 0 saturated heterocycles. The van der Waals surface area contributed by atoms with Gasteiger partial charge in [-0.25, -0.2) is 4.98 Å². The average molecular weight is 223 g/mol. The van der Waals surface area contributed by atoms with Crippen molar-refractivity contribution in [1.82, 2.24) is 4.98 Å². The topological polar surface area (TPSA) is 65.2 Å². The monoisotopic (exact) mass is 222 g/mol. The van der Waals surface area contributed by atoms with Gasteiger partial charge in [-0.3, -0.25) is 4.79 Å². The number of carbonyl (C=O) groups excluding carboxylic acids is 1. The molecule has 0 atom stereocenters. The highest BCUT2D eigenvalue weighted by molar-refractivity contribution is 7.13. The number of carbonyl (C=O) groups is 1. The lowest BCUT2D eigenvalue weighted by Crippen LogP contribution is -2.02. The molecule has 1 heterocycles. The van der Waals surface area contributed by atoms with E-state index in [0.717, 1.165) is 5.69 Å². The largest absolute Gasteiger partial charge is 0.469 e. The van der Waals surface area contributed by atoms with E-state index < -0.39 is 0 Å². The number of rotatable bonds is 3. The van der Waals surface area contributed by atoms with Crippen LogP contribution in [0.1, 0.15) is 12.1 Å². The van der Waals surface area contributed by atoms with Gasteiger partial charge in [-0.05, 0) is 0 Å².